The highest BCUT2D eigenvalue weighted by Crippen LogP contribution is 2.37. The summed E-state index contributed by atoms with van der Waals surface area (Å²) in [5, 5.41) is 6.01. The van der Waals surface area contributed by atoms with E-state index < -0.39 is 35.4 Å². The van der Waals surface area contributed by atoms with Crippen molar-refractivity contribution < 1.29 is 23.5 Å². The van der Waals surface area contributed by atoms with Gasteiger partial charge in [0, 0.05) is 22.2 Å². The van der Waals surface area contributed by atoms with Gasteiger partial charge in [-0.25, -0.2) is 9.18 Å². The Morgan fingerprint density at radius 1 is 1.13 bits per heavy atom. The largest absolute Gasteiger partial charge is 0.444 e. The molecule has 0 saturated carbocycles. The standard InChI is InChI=1S/C29H37ClFN3O4S/c1-5-6-7-8-9-14-32-26(35)21-15-24-25(16-22(21)31)39-18-23(33-28(37)38-29(2,3)4)27(36)34(24)17-19-10-12-20(30)13-11-19/h10-13,15-16,23H,5-9,14,17-18H2,1-4H3,(H,32,35)(H,33,37)/t23-/m0/s1. The first-order chi connectivity index (χ1) is 18.5. The second kappa shape index (κ2) is 14.0. The van der Waals surface area contributed by atoms with Crippen LogP contribution < -0.4 is 15.5 Å². The molecule has 1 aliphatic heterocycles. The van der Waals surface area contributed by atoms with Crippen LogP contribution in [-0.4, -0.2) is 41.8 Å². The molecule has 0 fully saturated rings. The zero-order chi connectivity index (χ0) is 28.6. The summed E-state index contributed by atoms with van der Waals surface area (Å²) in [6.07, 6.45) is 4.46. The minimum Gasteiger partial charge on any atom is -0.444 e. The third-order valence-corrected chi connectivity index (χ3v) is 7.45. The average Bonchev–Trinajstić information content (AvgIpc) is 2.97. The maximum absolute atomic E-state index is 15.1. The van der Waals surface area contributed by atoms with Gasteiger partial charge in [-0.3, -0.25) is 9.59 Å². The summed E-state index contributed by atoms with van der Waals surface area (Å²) in [6, 6.07) is 8.80. The van der Waals surface area contributed by atoms with E-state index in [2.05, 4.69) is 17.6 Å². The Labute approximate surface area is 239 Å². The van der Waals surface area contributed by atoms with Gasteiger partial charge in [-0.1, -0.05) is 56.3 Å². The summed E-state index contributed by atoms with van der Waals surface area (Å²) in [5.41, 5.74) is 0.320. The molecule has 39 heavy (non-hydrogen) atoms. The first kappa shape index (κ1) is 30.8. The van der Waals surface area contributed by atoms with E-state index in [4.69, 9.17) is 16.3 Å². The highest BCUT2D eigenvalue weighted by molar-refractivity contribution is 7.99. The highest BCUT2D eigenvalue weighted by Gasteiger charge is 2.34. The first-order valence-corrected chi connectivity index (χ1v) is 14.6. The molecule has 3 rings (SSSR count). The number of thioether (sulfide) groups is 1. The van der Waals surface area contributed by atoms with Crippen molar-refractivity contribution in [1.82, 2.24) is 10.6 Å². The van der Waals surface area contributed by atoms with Gasteiger partial charge in [-0.2, -0.15) is 0 Å². The number of rotatable bonds is 10. The van der Waals surface area contributed by atoms with Gasteiger partial charge in [-0.05, 0) is 57.0 Å². The number of carbonyl (C=O) groups excluding carboxylic acids is 3. The van der Waals surface area contributed by atoms with Crippen molar-refractivity contribution in [3.63, 3.8) is 0 Å². The van der Waals surface area contributed by atoms with Crippen molar-refractivity contribution in [2.75, 3.05) is 17.2 Å². The summed E-state index contributed by atoms with van der Waals surface area (Å²) in [4.78, 5) is 41.1. The number of unbranched alkanes of at least 4 members (excludes halogenated alkanes) is 4. The number of halogens is 2. The number of anilines is 1. The number of alkyl carbamates (subject to hydrolysis) is 1. The Kier molecular flexibility index (Phi) is 11.1. The molecule has 0 spiro atoms. The second-order valence-electron chi connectivity index (χ2n) is 10.5. The van der Waals surface area contributed by atoms with E-state index in [1.54, 1.807) is 45.0 Å². The normalized spacial score (nSPS) is 15.4. The van der Waals surface area contributed by atoms with Gasteiger partial charge < -0.3 is 20.3 Å². The molecule has 3 amide bonds. The number of hydrogen-bond acceptors (Lipinski definition) is 5. The van der Waals surface area contributed by atoms with Crippen LogP contribution in [0.3, 0.4) is 0 Å². The lowest BCUT2D eigenvalue weighted by atomic mass is 10.1. The van der Waals surface area contributed by atoms with Crippen LogP contribution in [0.1, 0.15) is 75.7 Å². The van der Waals surface area contributed by atoms with E-state index in [1.807, 2.05) is 0 Å². The van der Waals surface area contributed by atoms with Gasteiger partial charge in [0.1, 0.15) is 17.5 Å². The van der Waals surface area contributed by atoms with Gasteiger partial charge in [-0.15, -0.1) is 11.8 Å². The molecular formula is C29H37ClFN3O4S. The number of ether oxygens (including phenoxy) is 1. The topological polar surface area (TPSA) is 87.7 Å². The average molecular weight is 578 g/mol. The van der Waals surface area contributed by atoms with Crippen LogP contribution in [0.2, 0.25) is 5.02 Å². The van der Waals surface area contributed by atoms with Crippen molar-refractivity contribution in [3.05, 3.63) is 58.4 Å². The van der Waals surface area contributed by atoms with Crippen molar-refractivity contribution in [2.24, 2.45) is 0 Å². The Balaban J connectivity index is 1.88. The molecular weight excluding hydrogens is 541 g/mol. The molecule has 1 atom stereocenters. The van der Waals surface area contributed by atoms with E-state index in [1.165, 1.54) is 28.8 Å². The maximum atomic E-state index is 15.1. The molecule has 2 N–H and O–H groups in total. The summed E-state index contributed by atoms with van der Waals surface area (Å²) in [6.45, 7) is 7.93. The fraction of sp³-hybridized carbons (Fsp3) is 0.483. The summed E-state index contributed by atoms with van der Waals surface area (Å²) >= 11 is 7.28. The van der Waals surface area contributed by atoms with E-state index >= 15 is 4.39 Å². The zero-order valence-corrected chi connectivity index (χ0v) is 24.5. The number of amides is 3. The predicted octanol–water partition coefficient (Wildman–Crippen LogP) is 6.71. The molecule has 2 aromatic carbocycles. The Morgan fingerprint density at radius 2 is 1.82 bits per heavy atom. The third kappa shape index (κ3) is 9.14. The van der Waals surface area contributed by atoms with Crippen LogP contribution in [0.5, 0.6) is 0 Å². The van der Waals surface area contributed by atoms with Crippen molar-refractivity contribution in [2.45, 2.75) is 82.9 Å². The molecule has 7 nitrogen and oxygen atoms in total. The molecule has 0 saturated heterocycles. The maximum Gasteiger partial charge on any atom is 0.408 e. The van der Waals surface area contributed by atoms with Gasteiger partial charge in [0.05, 0.1) is 17.8 Å². The van der Waals surface area contributed by atoms with Gasteiger partial charge in [0.25, 0.3) is 11.8 Å². The van der Waals surface area contributed by atoms with Crippen molar-refractivity contribution in [1.29, 1.82) is 0 Å². The third-order valence-electron chi connectivity index (χ3n) is 6.06. The zero-order valence-electron chi connectivity index (χ0n) is 22.9. The van der Waals surface area contributed by atoms with Crippen molar-refractivity contribution in [3.8, 4) is 0 Å². The Bertz CT molecular complexity index is 1170. The van der Waals surface area contributed by atoms with Gasteiger partial charge in [0.2, 0.25) is 0 Å². The smallest absolute Gasteiger partial charge is 0.408 e. The van der Waals surface area contributed by atoms with Crippen LogP contribution in [0.4, 0.5) is 14.9 Å². The molecule has 1 heterocycles. The van der Waals surface area contributed by atoms with Gasteiger partial charge >= 0.3 is 6.09 Å². The molecule has 0 unspecified atom stereocenters. The van der Waals surface area contributed by atoms with Crippen LogP contribution in [0.15, 0.2) is 41.3 Å². The quantitative estimate of drug-likeness (QED) is 0.306. The fourth-order valence-corrected chi connectivity index (χ4v) is 5.31. The van der Waals surface area contributed by atoms with E-state index in [0.29, 0.717) is 22.2 Å². The van der Waals surface area contributed by atoms with Crippen LogP contribution in [0.25, 0.3) is 0 Å². The molecule has 0 bridgehead atoms. The van der Waals surface area contributed by atoms with Crippen molar-refractivity contribution >= 4 is 47.0 Å². The minimum atomic E-state index is -0.923. The van der Waals surface area contributed by atoms with E-state index in [9.17, 15) is 14.4 Å². The highest BCUT2D eigenvalue weighted by atomic mass is 35.5. The molecule has 212 valence electrons. The Hall–Kier alpha value is -2.78. The molecule has 0 radical (unpaired) electrons. The monoisotopic (exact) mass is 577 g/mol. The molecule has 0 aromatic heterocycles. The SMILES string of the molecule is CCCCCCCNC(=O)c1cc2c(cc1F)SC[C@H](NC(=O)OC(C)(C)C)C(=O)N2Cc1ccc(Cl)cc1. The molecule has 2 aromatic rings. The summed E-state index contributed by atoms with van der Waals surface area (Å²) in [7, 11) is 0. The number of hydrogen-bond donors (Lipinski definition) is 2. The molecule has 0 aliphatic carbocycles. The first-order valence-electron chi connectivity index (χ1n) is 13.3. The van der Waals surface area contributed by atoms with Gasteiger partial charge in [0.15, 0.2) is 0 Å². The van der Waals surface area contributed by atoms with E-state index in [0.717, 1.165) is 37.7 Å². The molecule has 10 heteroatoms. The lowest BCUT2D eigenvalue weighted by Gasteiger charge is -2.27. The second-order valence-corrected chi connectivity index (χ2v) is 12.0. The summed E-state index contributed by atoms with van der Waals surface area (Å²) < 4.78 is 20.5. The Morgan fingerprint density at radius 3 is 2.49 bits per heavy atom. The lowest BCUT2D eigenvalue weighted by Crippen LogP contribution is -2.50. The van der Waals surface area contributed by atoms with E-state index in [-0.39, 0.29) is 17.9 Å². The fourth-order valence-electron chi connectivity index (χ4n) is 4.11. The van der Waals surface area contributed by atoms with Crippen LogP contribution in [0, 0.1) is 5.82 Å². The lowest BCUT2D eigenvalue weighted by molar-refractivity contribution is -0.120. The minimum absolute atomic E-state index is 0.129. The molecule has 1 aliphatic rings. The predicted molar refractivity (Wildman–Crippen MR) is 154 cm³/mol. The van der Waals surface area contributed by atoms with Crippen LogP contribution >= 0.6 is 23.4 Å². The number of nitrogens with one attached hydrogen (secondary N) is 2. The summed E-state index contributed by atoms with van der Waals surface area (Å²) in [5.74, 6) is -1.41. The number of carbonyl (C=O) groups is 3. The van der Waals surface area contributed by atoms with Crippen LogP contribution in [-0.2, 0) is 16.1 Å². The number of nitrogens with zero attached hydrogens (tertiary/aromatic N) is 1. The number of benzene rings is 2. The number of fused-ring (bicyclic) bond motifs is 1.